The lowest BCUT2D eigenvalue weighted by Crippen LogP contribution is -2.47. The van der Waals surface area contributed by atoms with Crippen molar-refractivity contribution in [2.45, 2.75) is 52.9 Å². The summed E-state index contributed by atoms with van der Waals surface area (Å²) in [5, 5.41) is 0. The highest BCUT2D eigenvalue weighted by Crippen LogP contribution is 2.36. The molecule has 116 valence electrons. The van der Waals surface area contributed by atoms with Crippen LogP contribution in [0, 0.1) is 5.41 Å². The zero-order chi connectivity index (χ0) is 15.0. The number of esters is 1. The maximum absolute atomic E-state index is 12.1. The molecule has 0 N–H and O–H groups in total. The van der Waals surface area contributed by atoms with Crippen molar-refractivity contribution in [1.82, 2.24) is 4.90 Å². The van der Waals surface area contributed by atoms with Crippen molar-refractivity contribution < 1.29 is 19.1 Å². The fourth-order valence-electron chi connectivity index (χ4n) is 2.50. The molecule has 20 heavy (non-hydrogen) atoms. The van der Waals surface area contributed by atoms with Gasteiger partial charge in [0.15, 0.2) is 0 Å². The van der Waals surface area contributed by atoms with Crippen LogP contribution in [0.25, 0.3) is 0 Å². The van der Waals surface area contributed by atoms with Gasteiger partial charge in [-0.25, -0.2) is 4.79 Å². The van der Waals surface area contributed by atoms with Gasteiger partial charge in [-0.1, -0.05) is 20.3 Å². The highest BCUT2D eigenvalue weighted by Gasteiger charge is 2.42. The summed E-state index contributed by atoms with van der Waals surface area (Å²) in [7, 11) is 0. The average molecular weight is 285 g/mol. The van der Waals surface area contributed by atoms with Crippen molar-refractivity contribution in [3.8, 4) is 0 Å². The molecule has 0 aromatic heterocycles. The van der Waals surface area contributed by atoms with Crippen LogP contribution in [0.2, 0.25) is 0 Å². The van der Waals surface area contributed by atoms with Crippen LogP contribution < -0.4 is 0 Å². The molecule has 5 heteroatoms. The van der Waals surface area contributed by atoms with Gasteiger partial charge in [0.25, 0.3) is 0 Å². The molecule has 0 unspecified atom stereocenters. The number of amides is 1. The first-order chi connectivity index (χ1) is 9.59. The molecule has 0 saturated carbocycles. The van der Waals surface area contributed by atoms with Gasteiger partial charge in [0.2, 0.25) is 0 Å². The van der Waals surface area contributed by atoms with Crippen molar-refractivity contribution in [3.05, 3.63) is 0 Å². The smallest absolute Gasteiger partial charge is 0.409 e. The van der Waals surface area contributed by atoms with E-state index in [0.717, 1.165) is 19.3 Å². The number of hydrogen-bond acceptors (Lipinski definition) is 4. The van der Waals surface area contributed by atoms with Gasteiger partial charge in [0.05, 0.1) is 18.6 Å². The molecule has 1 aliphatic rings. The van der Waals surface area contributed by atoms with Gasteiger partial charge in [-0.05, 0) is 32.6 Å². The summed E-state index contributed by atoms with van der Waals surface area (Å²) >= 11 is 0. The molecular formula is C15H27NO4. The zero-order valence-corrected chi connectivity index (χ0v) is 12.9. The lowest BCUT2D eigenvalue weighted by molar-refractivity contribution is -0.158. The Kier molecular flexibility index (Phi) is 6.82. The summed E-state index contributed by atoms with van der Waals surface area (Å²) < 4.78 is 10.4. The second kappa shape index (κ2) is 8.12. The monoisotopic (exact) mass is 285 g/mol. The van der Waals surface area contributed by atoms with Crippen molar-refractivity contribution >= 4 is 12.1 Å². The Balaban J connectivity index is 2.48. The number of ether oxygens (including phenoxy) is 2. The van der Waals surface area contributed by atoms with Gasteiger partial charge in [0.1, 0.15) is 0 Å². The number of piperidine rings is 1. The van der Waals surface area contributed by atoms with E-state index in [0.29, 0.717) is 39.1 Å². The number of likely N-dealkylation sites (tertiary alicyclic amines) is 1. The first-order valence-corrected chi connectivity index (χ1v) is 7.68. The maximum Gasteiger partial charge on any atom is 0.409 e. The van der Waals surface area contributed by atoms with E-state index in [1.54, 1.807) is 4.90 Å². The van der Waals surface area contributed by atoms with Crippen LogP contribution in [0.15, 0.2) is 0 Å². The SMILES string of the molecule is CCCCOC(=O)N1CCC(CC)(C(=O)OCC)CC1. The summed E-state index contributed by atoms with van der Waals surface area (Å²) in [6.45, 7) is 7.90. The molecular weight excluding hydrogens is 258 g/mol. The van der Waals surface area contributed by atoms with E-state index in [4.69, 9.17) is 9.47 Å². The second-order valence-corrected chi connectivity index (χ2v) is 5.31. The Labute approximate surface area is 121 Å². The molecule has 1 rings (SSSR count). The standard InChI is InChI=1S/C15H27NO4/c1-4-7-12-20-14(18)16-10-8-15(5-2,9-11-16)13(17)19-6-3/h4-12H2,1-3H3. The van der Waals surface area contributed by atoms with E-state index in [9.17, 15) is 9.59 Å². The van der Waals surface area contributed by atoms with E-state index in [2.05, 4.69) is 6.92 Å². The third kappa shape index (κ3) is 4.12. The quantitative estimate of drug-likeness (QED) is 0.556. The summed E-state index contributed by atoms with van der Waals surface area (Å²) in [4.78, 5) is 25.6. The van der Waals surface area contributed by atoms with E-state index in [1.165, 1.54) is 0 Å². The lowest BCUT2D eigenvalue weighted by atomic mass is 9.76. The van der Waals surface area contributed by atoms with Crippen LogP contribution in [0.4, 0.5) is 4.79 Å². The molecule has 0 radical (unpaired) electrons. The maximum atomic E-state index is 12.1. The predicted molar refractivity (Wildman–Crippen MR) is 76.4 cm³/mol. The molecule has 1 aliphatic heterocycles. The topological polar surface area (TPSA) is 55.8 Å². The fourth-order valence-corrected chi connectivity index (χ4v) is 2.50. The van der Waals surface area contributed by atoms with Crippen molar-refractivity contribution in [3.63, 3.8) is 0 Å². The number of rotatable bonds is 6. The van der Waals surface area contributed by atoms with Gasteiger partial charge >= 0.3 is 12.1 Å². The summed E-state index contributed by atoms with van der Waals surface area (Å²) in [5.41, 5.74) is -0.420. The third-order valence-electron chi connectivity index (χ3n) is 4.09. The Hall–Kier alpha value is -1.26. The molecule has 0 aromatic rings. The first kappa shape index (κ1) is 16.8. The molecule has 0 spiro atoms. The highest BCUT2D eigenvalue weighted by atomic mass is 16.6. The molecule has 0 aliphatic carbocycles. The van der Waals surface area contributed by atoms with Gasteiger partial charge in [-0.3, -0.25) is 4.79 Å². The molecule has 0 bridgehead atoms. The number of unbranched alkanes of at least 4 members (excludes halogenated alkanes) is 1. The molecule has 0 aromatic carbocycles. The Morgan fingerprint density at radius 1 is 1.10 bits per heavy atom. The molecule has 1 amide bonds. The van der Waals surface area contributed by atoms with Crippen LogP contribution in [0.5, 0.6) is 0 Å². The van der Waals surface area contributed by atoms with Gasteiger partial charge < -0.3 is 14.4 Å². The largest absolute Gasteiger partial charge is 0.466 e. The zero-order valence-electron chi connectivity index (χ0n) is 12.9. The third-order valence-corrected chi connectivity index (χ3v) is 4.09. The fraction of sp³-hybridized carbons (Fsp3) is 0.867. The van der Waals surface area contributed by atoms with Gasteiger partial charge in [-0.2, -0.15) is 0 Å². The normalized spacial score (nSPS) is 17.6. The van der Waals surface area contributed by atoms with E-state index < -0.39 is 5.41 Å². The molecule has 1 fully saturated rings. The predicted octanol–water partition coefficient (Wildman–Crippen LogP) is 2.98. The molecule has 0 atom stereocenters. The van der Waals surface area contributed by atoms with Crippen LogP contribution >= 0.6 is 0 Å². The summed E-state index contributed by atoms with van der Waals surface area (Å²) in [5.74, 6) is -0.124. The van der Waals surface area contributed by atoms with Crippen LogP contribution in [0.3, 0.4) is 0 Å². The van der Waals surface area contributed by atoms with Crippen molar-refractivity contribution in [1.29, 1.82) is 0 Å². The summed E-state index contributed by atoms with van der Waals surface area (Å²) in [6.07, 6.45) is 3.71. The van der Waals surface area contributed by atoms with Crippen molar-refractivity contribution in [2.75, 3.05) is 26.3 Å². The van der Waals surface area contributed by atoms with E-state index in [-0.39, 0.29) is 12.1 Å². The molecule has 1 heterocycles. The minimum Gasteiger partial charge on any atom is -0.466 e. The average Bonchev–Trinajstić information content (AvgIpc) is 2.47. The van der Waals surface area contributed by atoms with Crippen LogP contribution in [0.1, 0.15) is 52.9 Å². The molecule has 1 saturated heterocycles. The van der Waals surface area contributed by atoms with E-state index >= 15 is 0 Å². The number of hydrogen-bond donors (Lipinski definition) is 0. The Morgan fingerprint density at radius 3 is 2.25 bits per heavy atom. The Bertz CT molecular complexity index is 322. The second-order valence-electron chi connectivity index (χ2n) is 5.31. The van der Waals surface area contributed by atoms with Crippen LogP contribution in [-0.4, -0.2) is 43.3 Å². The van der Waals surface area contributed by atoms with Gasteiger partial charge in [-0.15, -0.1) is 0 Å². The van der Waals surface area contributed by atoms with Crippen molar-refractivity contribution in [2.24, 2.45) is 5.41 Å². The molecule has 5 nitrogen and oxygen atoms in total. The van der Waals surface area contributed by atoms with Gasteiger partial charge in [0, 0.05) is 13.1 Å². The minimum atomic E-state index is -0.420. The summed E-state index contributed by atoms with van der Waals surface area (Å²) in [6, 6.07) is 0. The number of nitrogens with zero attached hydrogens (tertiary/aromatic N) is 1. The number of carbonyl (C=O) groups excluding carboxylic acids is 2. The lowest BCUT2D eigenvalue weighted by Gasteiger charge is -2.38. The Morgan fingerprint density at radius 2 is 1.75 bits per heavy atom. The number of carbonyl (C=O) groups is 2. The minimum absolute atomic E-state index is 0.124. The highest BCUT2D eigenvalue weighted by molar-refractivity contribution is 5.77. The van der Waals surface area contributed by atoms with Crippen LogP contribution in [-0.2, 0) is 14.3 Å². The first-order valence-electron chi connectivity index (χ1n) is 7.68. The van der Waals surface area contributed by atoms with E-state index in [1.807, 2.05) is 13.8 Å².